The zero-order valence-corrected chi connectivity index (χ0v) is 11.0. The number of nitrogens with one attached hydrogen (secondary N) is 1. The van der Waals surface area contributed by atoms with Crippen molar-refractivity contribution in [3.63, 3.8) is 0 Å². The van der Waals surface area contributed by atoms with Crippen LogP contribution in [0.25, 0.3) is 11.0 Å². The third-order valence-corrected chi connectivity index (χ3v) is 3.39. The molecule has 0 aliphatic carbocycles. The molecule has 2 rings (SSSR count). The normalized spacial score (nSPS) is 14.7. The number of fused-ring (bicyclic) bond motifs is 1. The van der Waals surface area contributed by atoms with E-state index in [1.807, 2.05) is 7.05 Å². The molecule has 6 nitrogen and oxygen atoms in total. The van der Waals surface area contributed by atoms with Gasteiger partial charge in [-0.3, -0.25) is 4.68 Å². The summed E-state index contributed by atoms with van der Waals surface area (Å²) in [4.78, 5) is 8.48. The van der Waals surface area contributed by atoms with Gasteiger partial charge in [0.15, 0.2) is 5.65 Å². The third kappa shape index (κ3) is 2.28. The van der Waals surface area contributed by atoms with E-state index < -0.39 is 0 Å². The third-order valence-electron chi connectivity index (χ3n) is 3.39. The summed E-state index contributed by atoms with van der Waals surface area (Å²) in [5, 5.41) is 17.6. The van der Waals surface area contributed by atoms with Crippen molar-refractivity contribution in [2.75, 3.05) is 11.9 Å². The number of anilines is 1. The summed E-state index contributed by atoms with van der Waals surface area (Å²) in [6.45, 7) is 4.32. The predicted octanol–water partition coefficient (Wildman–Crippen LogP) is 1.33. The number of hydrogen-bond acceptors (Lipinski definition) is 5. The highest BCUT2D eigenvalue weighted by atomic mass is 16.3. The van der Waals surface area contributed by atoms with E-state index in [2.05, 4.69) is 34.2 Å². The first-order valence-electron chi connectivity index (χ1n) is 6.11. The quantitative estimate of drug-likeness (QED) is 0.836. The van der Waals surface area contributed by atoms with E-state index in [4.69, 9.17) is 5.11 Å². The van der Waals surface area contributed by atoms with Crippen molar-refractivity contribution in [3.05, 3.63) is 12.5 Å². The van der Waals surface area contributed by atoms with Crippen molar-refractivity contribution in [1.82, 2.24) is 19.7 Å². The van der Waals surface area contributed by atoms with E-state index in [-0.39, 0.29) is 12.1 Å². The topological polar surface area (TPSA) is 75.9 Å². The van der Waals surface area contributed by atoms with Gasteiger partial charge in [0.05, 0.1) is 11.6 Å². The molecule has 1 atom stereocenters. The van der Waals surface area contributed by atoms with E-state index in [1.165, 1.54) is 6.33 Å². The Balaban J connectivity index is 2.36. The van der Waals surface area contributed by atoms with Gasteiger partial charge < -0.3 is 10.4 Å². The predicted molar refractivity (Wildman–Crippen MR) is 70.3 cm³/mol. The number of aliphatic hydroxyl groups is 1. The molecule has 0 fully saturated rings. The van der Waals surface area contributed by atoms with Crippen LogP contribution in [-0.4, -0.2) is 37.0 Å². The molecule has 2 aromatic heterocycles. The summed E-state index contributed by atoms with van der Waals surface area (Å²) < 4.78 is 1.72. The average molecular weight is 249 g/mol. The first kappa shape index (κ1) is 12.8. The molecular formula is C12H19N5O. The van der Waals surface area contributed by atoms with Gasteiger partial charge in [-0.25, -0.2) is 9.97 Å². The Hall–Kier alpha value is -1.69. The molecule has 0 amide bonds. The number of aliphatic hydroxyl groups excluding tert-OH is 1. The minimum atomic E-state index is -0.175. The highest BCUT2D eigenvalue weighted by Crippen LogP contribution is 2.25. The van der Waals surface area contributed by atoms with Crippen LogP contribution in [0.3, 0.4) is 0 Å². The molecule has 98 valence electrons. The van der Waals surface area contributed by atoms with Crippen molar-refractivity contribution < 1.29 is 5.11 Å². The molecule has 0 bridgehead atoms. The zero-order valence-electron chi connectivity index (χ0n) is 11.0. The Morgan fingerprint density at radius 3 is 2.89 bits per heavy atom. The maximum absolute atomic E-state index is 9.14. The number of hydrogen-bond donors (Lipinski definition) is 2. The van der Waals surface area contributed by atoms with Crippen LogP contribution in [0.15, 0.2) is 12.5 Å². The van der Waals surface area contributed by atoms with E-state index >= 15 is 0 Å². The summed E-state index contributed by atoms with van der Waals surface area (Å²) in [5.41, 5.74) is 0.626. The van der Waals surface area contributed by atoms with E-state index in [1.54, 1.807) is 10.9 Å². The van der Waals surface area contributed by atoms with Crippen LogP contribution in [0.4, 0.5) is 5.82 Å². The summed E-state index contributed by atoms with van der Waals surface area (Å²) in [5.74, 6) is 0.769. The lowest BCUT2D eigenvalue weighted by molar-refractivity contribution is 0.252. The average Bonchev–Trinajstić information content (AvgIpc) is 2.73. The van der Waals surface area contributed by atoms with Crippen LogP contribution in [-0.2, 0) is 7.05 Å². The smallest absolute Gasteiger partial charge is 0.163 e. The summed E-state index contributed by atoms with van der Waals surface area (Å²) in [7, 11) is 1.85. The van der Waals surface area contributed by atoms with Gasteiger partial charge in [-0.05, 0) is 19.8 Å². The lowest BCUT2D eigenvalue weighted by Gasteiger charge is -2.29. The number of aromatic nitrogens is 4. The molecule has 0 saturated carbocycles. The Bertz CT molecular complexity index is 538. The van der Waals surface area contributed by atoms with Gasteiger partial charge in [-0.2, -0.15) is 5.10 Å². The lowest BCUT2D eigenvalue weighted by Crippen LogP contribution is -2.35. The number of rotatable bonds is 5. The highest BCUT2D eigenvalue weighted by Gasteiger charge is 2.23. The van der Waals surface area contributed by atoms with Gasteiger partial charge in [0.2, 0.25) is 0 Å². The van der Waals surface area contributed by atoms with Crippen LogP contribution in [0.1, 0.15) is 26.7 Å². The SMILES string of the molecule is CCC(C)(CCO)Nc1ncnc2c1cnn2C. The largest absolute Gasteiger partial charge is 0.396 e. The van der Waals surface area contributed by atoms with Gasteiger partial charge in [-0.1, -0.05) is 6.92 Å². The van der Waals surface area contributed by atoms with Crippen LogP contribution in [0.5, 0.6) is 0 Å². The molecule has 0 aliphatic rings. The maximum Gasteiger partial charge on any atom is 0.163 e. The summed E-state index contributed by atoms with van der Waals surface area (Å²) >= 11 is 0. The van der Waals surface area contributed by atoms with Crippen molar-refractivity contribution in [1.29, 1.82) is 0 Å². The van der Waals surface area contributed by atoms with E-state index in [9.17, 15) is 0 Å². The minimum Gasteiger partial charge on any atom is -0.396 e. The Morgan fingerprint density at radius 2 is 2.22 bits per heavy atom. The Morgan fingerprint density at radius 1 is 1.44 bits per heavy atom. The molecule has 18 heavy (non-hydrogen) atoms. The van der Waals surface area contributed by atoms with Gasteiger partial charge in [0.1, 0.15) is 12.1 Å². The highest BCUT2D eigenvalue weighted by molar-refractivity contribution is 5.86. The second-order valence-electron chi connectivity index (χ2n) is 4.74. The molecule has 2 aromatic rings. The first-order valence-corrected chi connectivity index (χ1v) is 6.11. The first-order chi connectivity index (χ1) is 8.59. The molecule has 1 unspecified atom stereocenters. The molecule has 0 saturated heterocycles. The molecule has 0 aliphatic heterocycles. The van der Waals surface area contributed by atoms with E-state index in [0.29, 0.717) is 6.42 Å². The van der Waals surface area contributed by atoms with Gasteiger partial charge in [-0.15, -0.1) is 0 Å². The monoisotopic (exact) mass is 249 g/mol. The molecule has 0 aromatic carbocycles. The fraction of sp³-hybridized carbons (Fsp3) is 0.583. The van der Waals surface area contributed by atoms with Crippen LogP contribution >= 0.6 is 0 Å². The van der Waals surface area contributed by atoms with Crippen LogP contribution in [0.2, 0.25) is 0 Å². The van der Waals surface area contributed by atoms with Crippen molar-refractivity contribution in [3.8, 4) is 0 Å². The molecule has 6 heteroatoms. The van der Waals surface area contributed by atoms with Crippen LogP contribution in [0, 0.1) is 0 Å². The maximum atomic E-state index is 9.14. The van der Waals surface area contributed by atoms with Gasteiger partial charge >= 0.3 is 0 Å². The molecule has 0 radical (unpaired) electrons. The van der Waals surface area contributed by atoms with Crippen molar-refractivity contribution >= 4 is 16.9 Å². The second kappa shape index (κ2) is 4.89. The molecule has 2 heterocycles. The van der Waals surface area contributed by atoms with Gasteiger partial charge in [0, 0.05) is 19.2 Å². The fourth-order valence-corrected chi connectivity index (χ4v) is 1.92. The summed E-state index contributed by atoms with van der Waals surface area (Å²) in [6, 6.07) is 0. The number of aryl methyl sites for hydroxylation is 1. The zero-order chi connectivity index (χ0) is 13.2. The summed E-state index contributed by atoms with van der Waals surface area (Å²) in [6.07, 6.45) is 4.86. The molecular weight excluding hydrogens is 230 g/mol. The second-order valence-corrected chi connectivity index (χ2v) is 4.74. The van der Waals surface area contributed by atoms with Crippen LogP contribution < -0.4 is 5.32 Å². The standard InChI is InChI=1S/C12H19N5O/c1-4-12(2,5-6-18)16-10-9-7-15-17(3)11(9)14-8-13-10/h7-8,18H,4-6H2,1-3H3,(H,13,14,16). The van der Waals surface area contributed by atoms with E-state index in [0.717, 1.165) is 23.3 Å². The fourth-order valence-electron chi connectivity index (χ4n) is 1.92. The lowest BCUT2D eigenvalue weighted by atomic mass is 9.95. The Kier molecular flexibility index (Phi) is 3.47. The minimum absolute atomic E-state index is 0.151. The number of nitrogens with zero attached hydrogens (tertiary/aromatic N) is 4. The van der Waals surface area contributed by atoms with Gasteiger partial charge in [0.25, 0.3) is 0 Å². The molecule has 0 spiro atoms. The Labute approximate surface area is 106 Å². The van der Waals surface area contributed by atoms with Crippen molar-refractivity contribution in [2.45, 2.75) is 32.2 Å². The molecule has 2 N–H and O–H groups in total. The van der Waals surface area contributed by atoms with Crippen molar-refractivity contribution in [2.24, 2.45) is 7.05 Å².